The van der Waals surface area contributed by atoms with Crippen LogP contribution in [0.15, 0.2) is 40.8 Å². The highest BCUT2D eigenvalue weighted by Gasteiger charge is 2.26. The lowest BCUT2D eigenvalue weighted by Gasteiger charge is -2.35. The van der Waals surface area contributed by atoms with Crippen molar-refractivity contribution in [2.75, 3.05) is 32.8 Å². The summed E-state index contributed by atoms with van der Waals surface area (Å²) in [7, 11) is 0. The van der Waals surface area contributed by atoms with Crippen LogP contribution in [0.2, 0.25) is 5.02 Å². The van der Waals surface area contributed by atoms with Gasteiger partial charge in [0.25, 0.3) is 5.91 Å². The van der Waals surface area contributed by atoms with E-state index in [1.807, 2.05) is 51.1 Å². The highest BCUT2D eigenvalue weighted by Crippen LogP contribution is 2.30. The molecule has 2 heterocycles. The van der Waals surface area contributed by atoms with Gasteiger partial charge in [-0.25, -0.2) is 0 Å². The molecule has 1 aliphatic rings. The summed E-state index contributed by atoms with van der Waals surface area (Å²) < 4.78 is 11.5. The summed E-state index contributed by atoms with van der Waals surface area (Å²) in [5.74, 6) is 0.171. The molecule has 1 N–H and O–H groups in total. The molecule has 1 atom stereocenters. The number of amides is 1. The van der Waals surface area contributed by atoms with Gasteiger partial charge in [0.2, 0.25) is 0 Å². The van der Waals surface area contributed by atoms with Crippen LogP contribution in [-0.4, -0.2) is 43.7 Å². The average molecular weight is 427 g/mol. The molecule has 3 aromatic rings. The Labute approximate surface area is 181 Å². The number of fused-ring (bicyclic) bond motifs is 1. The van der Waals surface area contributed by atoms with Gasteiger partial charge in [0, 0.05) is 35.6 Å². The highest BCUT2D eigenvalue weighted by atomic mass is 35.5. The third kappa shape index (κ3) is 4.10. The fraction of sp³-hybridized carbons (Fsp3) is 0.375. The lowest BCUT2D eigenvalue weighted by molar-refractivity contribution is 0.0162. The Kier molecular flexibility index (Phi) is 6.14. The van der Waals surface area contributed by atoms with Crippen molar-refractivity contribution in [3.8, 4) is 0 Å². The maximum atomic E-state index is 13.1. The van der Waals surface area contributed by atoms with Crippen LogP contribution in [0.4, 0.5) is 0 Å². The largest absolute Gasteiger partial charge is 0.451 e. The van der Waals surface area contributed by atoms with Gasteiger partial charge in [0.15, 0.2) is 5.76 Å². The average Bonchev–Trinajstić information content (AvgIpc) is 3.06. The number of hydrogen-bond acceptors (Lipinski definition) is 4. The summed E-state index contributed by atoms with van der Waals surface area (Å²) in [6, 6.07) is 11.9. The van der Waals surface area contributed by atoms with Crippen LogP contribution >= 0.6 is 11.6 Å². The zero-order valence-electron chi connectivity index (χ0n) is 17.6. The van der Waals surface area contributed by atoms with Gasteiger partial charge in [0.05, 0.1) is 19.3 Å². The Morgan fingerprint density at radius 2 is 1.90 bits per heavy atom. The molecule has 0 bridgehead atoms. The molecule has 30 heavy (non-hydrogen) atoms. The second kappa shape index (κ2) is 8.80. The second-order valence-corrected chi connectivity index (χ2v) is 8.31. The first-order chi connectivity index (χ1) is 14.5. The quantitative estimate of drug-likeness (QED) is 0.635. The second-order valence-electron chi connectivity index (χ2n) is 7.91. The molecule has 158 valence electrons. The lowest BCUT2D eigenvalue weighted by Crippen LogP contribution is -2.44. The maximum absolute atomic E-state index is 13.1. The minimum absolute atomic E-state index is 0.0276. The maximum Gasteiger partial charge on any atom is 0.287 e. The molecular weight excluding hydrogens is 400 g/mol. The molecular formula is C24H27ClN2O3. The van der Waals surface area contributed by atoms with E-state index in [1.165, 1.54) is 0 Å². The number of hydrogen-bond donors (Lipinski definition) is 1. The smallest absolute Gasteiger partial charge is 0.287 e. The minimum Gasteiger partial charge on any atom is -0.451 e. The van der Waals surface area contributed by atoms with E-state index in [4.69, 9.17) is 20.8 Å². The Balaban J connectivity index is 1.58. The van der Waals surface area contributed by atoms with E-state index in [2.05, 4.69) is 16.3 Å². The van der Waals surface area contributed by atoms with Gasteiger partial charge in [-0.2, -0.15) is 0 Å². The Morgan fingerprint density at radius 1 is 1.17 bits per heavy atom. The topological polar surface area (TPSA) is 54.7 Å². The van der Waals surface area contributed by atoms with Crippen molar-refractivity contribution in [2.24, 2.45) is 0 Å². The van der Waals surface area contributed by atoms with E-state index < -0.39 is 0 Å². The number of rotatable bonds is 5. The van der Waals surface area contributed by atoms with Crippen LogP contribution in [0.1, 0.15) is 38.9 Å². The number of carbonyl (C=O) groups is 1. The monoisotopic (exact) mass is 426 g/mol. The molecule has 1 aromatic heterocycles. The summed E-state index contributed by atoms with van der Waals surface area (Å²) in [6.45, 7) is 9.41. The third-order valence-corrected chi connectivity index (χ3v) is 6.13. The molecule has 0 aliphatic carbocycles. The Hall–Kier alpha value is -2.34. The van der Waals surface area contributed by atoms with E-state index in [0.717, 1.165) is 46.3 Å². The third-order valence-electron chi connectivity index (χ3n) is 5.78. The van der Waals surface area contributed by atoms with Crippen LogP contribution in [0.25, 0.3) is 11.0 Å². The molecule has 0 saturated carbocycles. The lowest BCUT2D eigenvalue weighted by atomic mass is 10.0. The number of morpholine rings is 1. The number of furan rings is 1. The summed E-state index contributed by atoms with van der Waals surface area (Å²) >= 11 is 6.49. The zero-order chi connectivity index (χ0) is 21.3. The van der Waals surface area contributed by atoms with Gasteiger partial charge in [0.1, 0.15) is 5.58 Å². The standard InChI is InChI=1S/C24H27ClN2O3/c1-15-12-16(2)22-17(3)23(30-21(22)13-15)24(28)26-14-20(27-8-10-29-11-9-27)18-6-4-5-7-19(18)25/h4-7,12-13,20H,8-11,14H2,1-3H3,(H,26,28)/t20-/m1/s1. The van der Waals surface area contributed by atoms with Gasteiger partial charge in [-0.05, 0) is 49.6 Å². The SMILES string of the molecule is Cc1cc(C)c2c(C)c(C(=O)NC[C@H](c3ccccc3Cl)N3CCOCC3)oc2c1. The fourth-order valence-corrected chi connectivity index (χ4v) is 4.61. The van der Waals surface area contributed by atoms with E-state index in [9.17, 15) is 4.79 Å². The predicted octanol–water partition coefficient (Wildman–Crippen LogP) is 4.81. The molecule has 1 amide bonds. The molecule has 1 saturated heterocycles. The molecule has 5 nitrogen and oxygen atoms in total. The van der Waals surface area contributed by atoms with Crippen LogP contribution in [0.5, 0.6) is 0 Å². The number of carbonyl (C=O) groups excluding carboxylic acids is 1. The summed E-state index contributed by atoms with van der Waals surface area (Å²) in [5.41, 5.74) is 4.88. The van der Waals surface area contributed by atoms with Crippen molar-refractivity contribution in [2.45, 2.75) is 26.8 Å². The molecule has 2 aromatic carbocycles. The van der Waals surface area contributed by atoms with Crippen molar-refractivity contribution in [1.29, 1.82) is 0 Å². The molecule has 0 radical (unpaired) electrons. The normalized spacial score (nSPS) is 16.0. The molecule has 0 spiro atoms. The highest BCUT2D eigenvalue weighted by molar-refractivity contribution is 6.31. The predicted molar refractivity (Wildman–Crippen MR) is 119 cm³/mol. The van der Waals surface area contributed by atoms with Gasteiger partial charge in [-0.15, -0.1) is 0 Å². The van der Waals surface area contributed by atoms with Crippen LogP contribution in [0.3, 0.4) is 0 Å². The number of ether oxygens (including phenoxy) is 1. The summed E-state index contributed by atoms with van der Waals surface area (Å²) in [4.78, 5) is 15.4. The number of nitrogens with zero attached hydrogens (tertiary/aromatic N) is 1. The molecule has 6 heteroatoms. The minimum atomic E-state index is -0.203. The van der Waals surface area contributed by atoms with Crippen molar-refractivity contribution in [1.82, 2.24) is 10.2 Å². The van der Waals surface area contributed by atoms with Crippen molar-refractivity contribution < 1.29 is 13.9 Å². The number of aryl methyl sites for hydroxylation is 3. The van der Waals surface area contributed by atoms with Crippen LogP contribution < -0.4 is 5.32 Å². The van der Waals surface area contributed by atoms with Crippen molar-refractivity contribution in [3.63, 3.8) is 0 Å². The molecule has 1 fully saturated rings. The molecule has 4 rings (SSSR count). The van der Waals surface area contributed by atoms with E-state index >= 15 is 0 Å². The first-order valence-corrected chi connectivity index (χ1v) is 10.7. The zero-order valence-corrected chi connectivity index (χ0v) is 18.4. The number of benzene rings is 2. The van der Waals surface area contributed by atoms with Gasteiger partial charge < -0.3 is 14.5 Å². The first kappa shape index (κ1) is 20.9. The van der Waals surface area contributed by atoms with Crippen LogP contribution in [-0.2, 0) is 4.74 Å². The van der Waals surface area contributed by atoms with Crippen molar-refractivity contribution in [3.05, 3.63) is 69.4 Å². The van der Waals surface area contributed by atoms with E-state index in [0.29, 0.717) is 30.5 Å². The molecule has 0 unspecified atom stereocenters. The van der Waals surface area contributed by atoms with Crippen molar-refractivity contribution >= 4 is 28.5 Å². The molecule has 1 aliphatic heterocycles. The number of nitrogens with one attached hydrogen (secondary N) is 1. The van der Waals surface area contributed by atoms with E-state index in [-0.39, 0.29) is 11.9 Å². The van der Waals surface area contributed by atoms with Gasteiger partial charge in [-0.3, -0.25) is 9.69 Å². The Morgan fingerprint density at radius 3 is 2.63 bits per heavy atom. The first-order valence-electron chi connectivity index (χ1n) is 10.3. The van der Waals surface area contributed by atoms with Gasteiger partial charge in [-0.1, -0.05) is 35.9 Å². The Bertz CT molecular complexity index is 1070. The van der Waals surface area contributed by atoms with E-state index in [1.54, 1.807) is 0 Å². The summed E-state index contributed by atoms with van der Waals surface area (Å²) in [5, 5.41) is 4.80. The fourth-order valence-electron chi connectivity index (χ4n) is 4.35. The summed E-state index contributed by atoms with van der Waals surface area (Å²) in [6.07, 6.45) is 0. The number of halogens is 1. The van der Waals surface area contributed by atoms with Gasteiger partial charge >= 0.3 is 0 Å². The van der Waals surface area contributed by atoms with Crippen LogP contribution in [0, 0.1) is 20.8 Å².